The van der Waals surface area contributed by atoms with E-state index >= 15 is 0 Å². The van der Waals surface area contributed by atoms with Crippen LogP contribution in [0.15, 0.2) is 48.5 Å². The Balaban J connectivity index is 0.00000578. The molecule has 4 aliphatic rings. The molecule has 73 heavy (non-hydrogen) atoms. The van der Waals surface area contributed by atoms with Crippen molar-refractivity contribution in [3.8, 4) is 23.7 Å². The Hall–Kier alpha value is -6.03. The molecule has 7 amide bonds. The van der Waals surface area contributed by atoms with E-state index < -0.39 is 103 Å². The van der Waals surface area contributed by atoms with Gasteiger partial charge in [0.05, 0.1) is 24.7 Å². The molecule has 7 atom stereocenters. The molecule has 2 heterocycles. The van der Waals surface area contributed by atoms with Crippen LogP contribution < -0.4 is 21.3 Å². The summed E-state index contributed by atoms with van der Waals surface area (Å²) in [6.45, 7) is 0.153. The molecule has 0 aromatic heterocycles. The van der Waals surface area contributed by atoms with Gasteiger partial charge in [0, 0.05) is 33.0 Å². The molecule has 2 aliphatic carbocycles. The largest absolute Gasteiger partial charge is 0.471 e. The number of benzene rings is 2. The number of rotatable bonds is 14. The number of hydrogen-bond acceptors (Lipinski definition) is 8. The third kappa shape index (κ3) is 15.3. The van der Waals surface area contributed by atoms with Crippen LogP contribution in [-0.4, -0.2) is 137 Å². The first-order valence-electron chi connectivity index (χ1n) is 23.7. The van der Waals surface area contributed by atoms with Crippen LogP contribution in [0.25, 0.3) is 0 Å². The predicted octanol–water partition coefficient (Wildman–Crippen LogP) is 4.82. The van der Waals surface area contributed by atoms with Crippen LogP contribution in [0.4, 0.5) is 26.3 Å². The number of alkyl halides is 6. The van der Waals surface area contributed by atoms with E-state index in [9.17, 15) is 59.9 Å². The van der Waals surface area contributed by atoms with Gasteiger partial charge in [-0.3, -0.25) is 33.6 Å². The summed E-state index contributed by atoms with van der Waals surface area (Å²) in [5.41, 5.74) is 4.13. The minimum atomic E-state index is -5.28. The van der Waals surface area contributed by atoms with Gasteiger partial charge in [-0.25, -0.2) is 4.90 Å². The topological polar surface area (TPSA) is 181 Å². The number of amides is 7. The van der Waals surface area contributed by atoms with Crippen molar-refractivity contribution >= 4 is 66.2 Å². The van der Waals surface area contributed by atoms with Crippen LogP contribution in [0, 0.1) is 23.7 Å². The second kappa shape index (κ2) is 26.3. The maximum atomic E-state index is 14.2. The first-order valence-corrected chi connectivity index (χ1v) is 23.7. The standard InChI is InChI=1S/C50H58F6N8O7.2ClH/c1-31(62(3)50(54,55)56)43(66)60-39(47(70)64-29-15-27-41(64)45(68)59-37-25-13-19-33-17-9-11-21-35(33)37)23-7-5-4-6-22-38(57-42(65)30-61(2)48(71)49(51,52)53)46(69)63-28-14-26-40(63)44(67)58-36-24-12-18-32-16-8-10-20-34(32)36;;/h8-11,16-17,20-21,31,36-41H,12-15,18-19,22-30H2,1-3H3,(H,57,65)(H,58,67)(H,59,68)(H,60,66);2*1H/t31-,36-,37+,38+,39+,40+,41+;;/m1../s1. The first-order chi connectivity index (χ1) is 33.6. The van der Waals surface area contributed by atoms with Crippen LogP contribution in [0.3, 0.4) is 0 Å². The predicted molar refractivity (Wildman–Crippen MR) is 260 cm³/mol. The lowest BCUT2D eigenvalue weighted by molar-refractivity contribution is -0.246. The molecule has 2 aromatic carbocycles. The molecule has 0 spiro atoms. The Labute approximate surface area is 432 Å². The summed E-state index contributed by atoms with van der Waals surface area (Å²) < 4.78 is 80.2. The molecule has 6 rings (SSSR count). The number of nitrogens with zero attached hydrogens (tertiary/aromatic N) is 4. The molecule has 4 N–H and O–H groups in total. The van der Waals surface area contributed by atoms with E-state index in [0.717, 1.165) is 61.9 Å². The van der Waals surface area contributed by atoms with Crippen LogP contribution >= 0.6 is 24.8 Å². The van der Waals surface area contributed by atoms with Gasteiger partial charge in [0.1, 0.15) is 24.2 Å². The summed E-state index contributed by atoms with van der Waals surface area (Å²) in [5, 5.41) is 10.8. The normalized spacial score (nSPS) is 20.3. The summed E-state index contributed by atoms with van der Waals surface area (Å²) in [7, 11) is 1.44. The molecule has 2 saturated heterocycles. The number of halogens is 8. The van der Waals surface area contributed by atoms with Gasteiger partial charge in [0.25, 0.3) is 0 Å². The highest BCUT2D eigenvalue weighted by atomic mass is 35.5. The van der Waals surface area contributed by atoms with E-state index in [1.54, 1.807) is 0 Å². The monoisotopic (exact) mass is 1070 g/mol. The van der Waals surface area contributed by atoms with E-state index in [1.807, 2.05) is 48.5 Å². The number of hydrogen-bond donors (Lipinski definition) is 4. The maximum absolute atomic E-state index is 14.2. The average molecular weight is 1070 g/mol. The Kier molecular flexibility index (Phi) is 21.4. The fourth-order valence-corrected chi connectivity index (χ4v) is 9.58. The molecule has 0 saturated carbocycles. The number of likely N-dealkylation sites (tertiary alicyclic amines) is 2. The average Bonchev–Trinajstić information content (AvgIpc) is 4.04. The molecule has 2 aliphatic heterocycles. The maximum Gasteiger partial charge on any atom is 0.471 e. The van der Waals surface area contributed by atoms with E-state index in [0.29, 0.717) is 39.2 Å². The van der Waals surface area contributed by atoms with Gasteiger partial charge < -0.3 is 36.0 Å². The van der Waals surface area contributed by atoms with Gasteiger partial charge in [-0.05, 0) is 112 Å². The van der Waals surface area contributed by atoms with Gasteiger partial charge in [0.15, 0.2) is 0 Å². The highest BCUT2D eigenvalue weighted by molar-refractivity contribution is 5.95. The summed E-state index contributed by atoms with van der Waals surface area (Å²) in [6, 6.07) is 8.07. The minimum absolute atomic E-state index is 0. The molecule has 398 valence electrons. The molecule has 0 bridgehead atoms. The van der Waals surface area contributed by atoms with Crippen molar-refractivity contribution < 1.29 is 59.9 Å². The van der Waals surface area contributed by atoms with Crippen LogP contribution in [-0.2, 0) is 46.4 Å². The number of aryl methyl sites for hydroxylation is 2. The van der Waals surface area contributed by atoms with E-state index in [4.69, 9.17) is 0 Å². The lowest BCUT2D eigenvalue weighted by Crippen LogP contribution is -2.57. The van der Waals surface area contributed by atoms with Crippen molar-refractivity contribution in [3.05, 3.63) is 70.8 Å². The van der Waals surface area contributed by atoms with Gasteiger partial charge in [0.2, 0.25) is 35.4 Å². The van der Waals surface area contributed by atoms with Crippen molar-refractivity contribution in [2.75, 3.05) is 33.7 Å². The minimum Gasteiger partial charge on any atom is -0.347 e. The third-order valence-electron chi connectivity index (χ3n) is 13.5. The number of nitrogens with one attached hydrogen (secondary N) is 4. The van der Waals surface area contributed by atoms with E-state index in [1.165, 1.54) is 9.80 Å². The first kappa shape index (κ1) is 59.5. The molecule has 2 aromatic rings. The molecule has 0 unspecified atom stereocenters. The zero-order valence-corrected chi connectivity index (χ0v) is 42.1. The quantitative estimate of drug-likeness (QED) is 0.118. The van der Waals surface area contributed by atoms with Crippen LogP contribution in [0.2, 0.25) is 0 Å². The van der Waals surface area contributed by atoms with Crippen LogP contribution in [0.1, 0.15) is 105 Å². The lowest BCUT2D eigenvalue weighted by Gasteiger charge is -2.32. The van der Waals surface area contributed by atoms with Gasteiger partial charge in [-0.15, -0.1) is 24.8 Å². The summed E-state index contributed by atoms with van der Waals surface area (Å²) >= 11 is 0. The second-order valence-electron chi connectivity index (χ2n) is 18.3. The molecule has 2 fully saturated rings. The Bertz CT molecular complexity index is 2480. The molecule has 15 nitrogen and oxygen atoms in total. The van der Waals surface area contributed by atoms with Crippen molar-refractivity contribution in [2.45, 2.75) is 139 Å². The molecule has 0 radical (unpaired) electrons. The molecular formula is C50H60Cl2F6N8O7. The van der Waals surface area contributed by atoms with Crippen molar-refractivity contribution in [1.29, 1.82) is 0 Å². The number of fused-ring (bicyclic) bond motifs is 2. The molecular weight excluding hydrogens is 1010 g/mol. The van der Waals surface area contributed by atoms with E-state index in [-0.39, 0.29) is 66.2 Å². The highest BCUT2D eigenvalue weighted by Crippen LogP contribution is 2.32. The van der Waals surface area contributed by atoms with Gasteiger partial charge in [-0.1, -0.05) is 60.4 Å². The number of likely N-dealkylation sites (N-methyl/N-ethyl adjacent to an activating group) is 2. The van der Waals surface area contributed by atoms with Crippen molar-refractivity contribution in [1.82, 2.24) is 40.9 Å². The summed E-state index contributed by atoms with van der Waals surface area (Å²) in [5.74, 6) is 3.27. The summed E-state index contributed by atoms with van der Waals surface area (Å²) in [4.78, 5) is 96.5. The van der Waals surface area contributed by atoms with Crippen molar-refractivity contribution in [3.63, 3.8) is 0 Å². The fourth-order valence-electron chi connectivity index (χ4n) is 9.58. The third-order valence-corrected chi connectivity index (χ3v) is 13.5. The highest BCUT2D eigenvalue weighted by Gasteiger charge is 2.44. The fraction of sp³-hybridized carbons (Fsp3) is 0.540. The van der Waals surface area contributed by atoms with E-state index in [2.05, 4.69) is 44.9 Å². The number of carbonyl (C=O) groups is 7. The second-order valence-corrected chi connectivity index (χ2v) is 18.3. The van der Waals surface area contributed by atoms with Gasteiger partial charge >= 0.3 is 18.4 Å². The Morgan fingerprint density at radius 2 is 1.10 bits per heavy atom. The zero-order valence-electron chi connectivity index (χ0n) is 40.5. The Morgan fingerprint density at radius 1 is 0.658 bits per heavy atom. The van der Waals surface area contributed by atoms with Crippen molar-refractivity contribution in [2.24, 2.45) is 0 Å². The SMILES string of the molecule is C[C@H](C(=O)N[C@@H](CC#CC#CC[C@H](NC(=O)CN(C)C(=O)C(F)(F)F)C(=O)N1CCC[C@H]1C(=O)N[C@@H]1CCCc2ccccc21)C(=O)N1CCC[C@H]1C(=O)N[C@H]1CCCc2ccccc21)N(C)C(F)(F)F.Cl.Cl. The molecule has 23 heteroatoms. The number of carbonyl (C=O) groups excluding carboxylic acids is 7. The van der Waals surface area contributed by atoms with Crippen LogP contribution in [0.5, 0.6) is 0 Å². The zero-order chi connectivity index (χ0) is 51.6. The lowest BCUT2D eigenvalue weighted by atomic mass is 9.87. The smallest absolute Gasteiger partial charge is 0.347 e. The van der Waals surface area contributed by atoms with Gasteiger partial charge in [-0.2, -0.15) is 26.3 Å². The summed E-state index contributed by atoms with van der Waals surface area (Å²) in [6.07, 6.45) is -4.98. The Morgan fingerprint density at radius 3 is 1.53 bits per heavy atom.